The topological polar surface area (TPSA) is 111 Å². The molecule has 0 aliphatic carbocycles. The summed E-state index contributed by atoms with van der Waals surface area (Å²) < 4.78 is 11.4. The number of anilines is 1. The van der Waals surface area contributed by atoms with Crippen molar-refractivity contribution in [2.75, 3.05) is 18.5 Å². The van der Waals surface area contributed by atoms with Gasteiger partial charge in [-0.3, -0.25) is 4.79 Å². The Hall–Kier alpha value is -3.72. The van der Waals surface area contributed by atoms with E-state index in [1.807, 2.05) is 6.92 Å². The van der Waals surface area contributed by atoms with Gasteiger partial charge in [0.1, 0.15) is 23.9 Å². The molecule has 0 fully saturated rings. The smallest absolute Gasteiger partial charge is 0.337 e. The summed E-state index contributed by atoms with van der Waals surface area (Å²) in [5.74, 6) is -0.333. The average Bonchev–Trinajstić information content (AvgIpc) is 3.17. The minimum Gasteiger partial charge on any atom is -0.493 e. The maximum Gasteiger partial charge on any atom is 0.337 e. The number of amides is 1. The molecule has 2 aromatic heterocycles. The van der Waals surface area contributed by atoms with Crippen LogP contribution >= 0.6 is 11.3 Å². The Kier molecular flexibility index (Phi) is 7.34. The molecule has 0 spiro atoms. The van der Waals surface area contributed by atoms with E-state index in [2.05, 4.69) is 21.9 Å². The van der Waals surface area contributed by atoms with Gasteiger partial charge >= 0.3 is 5.97 Å². The Morgan fingerprint density at radius 3 is 2.55 bits per heavy atom. The van der Waals surface area contributed by atoms with E-state index in [1.165, 1.54) is 18.3 Å². The van der Waals surface area contributed by atoms with Crippen LogP contribution in [-0.4, -0.2) is 40.2 Å². The number of benzene rings is 1. The predicted molar refractivity (Wildman–Crippen MR) is 117 cm³/mol. The predicted octanol–water partition coefficient (Wildman–Crippen LogP) is 3.98. The van der Waals surface area contributed by atoms with E-state index in [4.69, 9.17) is 14.6 Å². The summed E-state index contributed by atoms with van der Waals surface area (Å²) in [5.41, 5.74) is 3.13. The molecule has 9 heteroatoms. The zero-order valence-corrected chi connectivity index (χ0v) is 17.6. The maximum absolute atomic E-state index is 12.7. The lowest BCUT2D eigenvalue weighted by Crippen LogP contribution is -2.14. The third-order valence-electron chi connectivity index (χ3n) is 4.20. The lowest BCUT2D eigenvalue weighted by atomic mass is 10.2. The van der Waals surface area contributed by atoms with Gasteiger partial charge in [-0.15, -0.1) is 11.3 Å². The fraction of sp³-hybridized carbons (Fsp3) is 0.182. The summed E-state index contributed by atoms with van der Waals surface area (Å²) in [6.45, 7) is 6.28. The quantitative estimate of drug-likeness (QED) is 0.460. The zero-order valence-electron chi connectivity index (χ0n) is 16.8. The minimum atomic E-state index is -1.09. The molecule has 0 atom stereocenters. The molecular formula is C22H21N3O5S. The molecule has 0 aliphatic heterocycles. The van der Waals surface area contributed by atoms with Crippen molar-refractivity contribution in [2.45, 2.75) is 13.3 Å². The van der Waals surface area contributed by atoms with Gasteiger partial charge in [-0.2, -0.15) is 0 Å². The summed E-state index contributed by atoms with van der Waals surface area (Å²) in [5, 5.41) is 11.6. The van der Waals surface area contributed by atoms with E-state index in [0.29, 0.717) is 30.1 Å². The Labute approximate surface area is 183 Å². The van der Waals surface area contributed by atoms with E-state index in [1.54, 1.807) is 41.1 Å². The number of hydrogen-bond donors (Lipinski definition) is 2. The normalized spacial score (nSPS) is 10.4. The van der Waals surface area contributed by atoms with E-state index >= 15 is 0 Å². The number of carbonyl (C=O) groups excluding carboxylic acids is 1. The molecule has 2 heterocycles. The van der Waals surface area contributed by atoms with Crippen molar-refractivity contribution < 1.29 is 24.2 Å². The van der Waals surface area contributed by atoms with Crippen molar-refractivity contribution in [2.24, 2.45) is 0 Å². The van der Waals surface area contributed by atoms with Gasteiger partial charge in [0.05, 0.1) is 23.4 Å². The van der Waals surface area contributed by atoms with Crippen molar-refractivity contribution in [1.29, 1.82) is 0 Å². The van der Waals surface area contributed by atoms with Crippen LogP contribution < -0.4 is 14.8 Å². The van der Waals surface area contributed by atoms with Crippen molar-refractivity contribution in [3.8, 4) is 11.5 Å². The summed E-state index contributed by atoms with van der Waals surface area (Å²) in [4.78, 5) is 33.0. The van der Waals surface area contributed by atoms with Crippen molar-refractivity contribution in [3.05, 3.63) is 76.4 Å². The second-order valence-corrected chi connectivity index (χ2v) is 7.38. The van der Waals surface area contributed by atoms with Gasteiger partial charge in [0, 0.05) is 29.1 Å². The van der Waals surface area contributed by atoms with Crippen LogP contribution in [0.5, 0.6) is 11.5 Å². The number of aryl methyl sites for hydroxylation is 1. The number of rotatable bonds is 10. The fourth-order valence-corrected chi connectivity index (χ4v) is 3.40. The van der Waals surface area contributed by atoms with Crippen LogP contribution in [0.2, 0.25) is 0 Å². The highest BCUT2D eigenvalue weighted by atomic mass is 32.1. The van der Waals surface area contributed by atoms with Gasteiger partial charge in [0.15, 0.2) is 0 Å². The minimum absolute atomic E-state index is 0.0321. The Balaban J connectivity index is 1.73. The van der Waals surface area contributed by atoms with Crippen LogP contribution in [0.25, 0.3) is 0 Å². The van der Waals surface area contributed by atoms with E-state index in [9.17, 15) is 9.59 Å². The molecule has 0 radical (unpaired) electrons. The van der Waals surface area contributed by atoms with Gasteiger partial charge in [0.2, 0.25) is 0 Å². The second-order valence-electron chi connectivity index (χ2n) is 6.44. The molecule has 1 aromatic carbocycles. The second kappa shape index (κ2) is 10.4. The molecule has 0 saturated carbocycles. The third-order valence-corrected chi connectivity index (χ3v) is 5.20. The van der Waals surface area contributed by atoms with E-state index in [-0.39, 0.29) is 18.0 Å². The molecule has 160 valence electrons. The van der Waals surface area contributed by atoms with Crippen LogP contribution in [-0.2, 0) is 6.42 Å². The molecule has 3 rings (SSSR count). The Morgan fingerprint density at radius 2 is 1.94 bits per heavy atom. The number of carboxylic acids is 1. The number of carbonyl (C=O) groups is 2. The first-order chi connectivity index (χ1) is 15.0. The third kappa shape index (κ3) is 6.13. The standard InChI is InChI=1S/C22H21N3O5S/c1-3-7-29-17-9-16(21(26)25-20-5-4-15(12-23-20)22(27)28)10-18(11-17)30-8-6-19-14(2)24-13-31-19/h3-5,9-13H,1,6-8H2,2H3,(H,27,28)(H,23,25,26). The number of nitrogens with one attached hydrogen (secondary N) is 1. The lowest BCUT2D eigenvalue weighted by Gasteiger charge is -2.12. The molecule has 0 aliphatic rings. The molecule has 1 amide bonds. The first-order valence-corrected chi connectivity index (χ1v) is 10.3. The largest absolute Gasteiger partial charge is 0.493 e. The van der Waals surface area contributed by atoms with Crippen LogP contribution in [0, 0.1) is 6.92 Å². The average molecular weight is 439 g/mol. The number of ether oxygens (including phenoxy) is 2. The maximum atomic E-state index is 12.7. The summed E-state index contributed by atoms with van der Waals surface area (Å²) in [6, 6.07) is 7.70. The van der Waals surface area contributed by atoms with Crippen LogP contribution in [0.4, 0.5) is 5.82 Å². The molecule has 0 bridgehead atoms. The number of nitrogens with zero attached hydrogens (tertiary/aromatic N) is 2. The first-order valence-electron chi connectivity index (χ1n) is 9.37. The first kappa shape index (κ1) is 22.0. The summed E-state index contributed by atoms with van der Waals surface area (Å²) in [7, 11) is 0. The van der Waals surface area contributed by atoms with Gasteiger partial charge in [0.25, 0.3) is 5.91 Å². The van der Waals surface area contributed by atoms with Gasteiger partial charge in [-0.1, -0.05) is 12.7 Å². The number of pyridine rings is 1. The van der Waals surface area contributed by atoms with E-state index < -0.39 is 11.9 Å². The SMILES string of the molecule is C=CCOc1cc(OCCc2scnc2C)cc(C(=O)Nc2ccc(C(=O)O)cn2)c1. The highest BCUT2D eigenvalue weighted by Crippen LogP contribution is 2.24. The number of hydrogen-bond acceptors (Lipinski definition) is 7. The molecule has 0 unspecified atom stereocenters. The van der Waals surface area contributed by atoms with Gasteiger partial charge in [-0.05, 0) is 31.2 Å². The molecule has 0 saturated heterocycles. The zero-order chi connectivity index (χ0) is 22.2. The Morgan fingerprint density at radius 1 is 1.16 bits per heavy atom. The Bertz CT molecular complexity index is 1080. The number of thiazole rings is 1. The van der Waals surface area contributed by atoms with Crippen LogP contribution in [0.3, 0.4) is 0 Å². The number of carboxylic acid groups (broad SMARTS) is 1. The van der Waals surface area contributed by atoms with Gasteiger partial charge < -0.3 is 19.9 Å². The fourth-order valence-electron chi connectivity index (χ4n) is 2.64. The molecular weight excluding hydrogens is 418 g/mol. The molecule has 3 aromatic rings. The highest BCUT2D eigenvalue weighted by Gasteiger charge is 2.13. The molecule has 2 N–H and O–H groups in total. The summed E-state index contributed by atoms with van der Waals surface area (Å²) >= 11 is 1.58. The van der Waals surface area contributed by atoms with Crippen LogP contribution in [0.1, 0.15) is 31.3 Å². The van der Waals surface area contributed by atoms with Crippen molar-refractivity contribution >= 4 is 29.0 Å². The summed E-state index contributed by atoms with van der Waals surface area (Å²) in [6.07, 6.45) is 3.49. The number of aromatic nitrogens is 2. The number of aromatic carboxylic acids is 1. The van der Waals surface area contributed by atoms with Crippen molar-refractivity contribution in [1.82, 2.24) is 9.97 Å². The van der Waals surface area contributed by atoms with E-state index in [0.717, 1.165) is 10.6 Å². The van der Waals surface area contributed by atoms with Gasteiger partial charge in [-0.25, -0.2) is 14.8 Å². The molecule has 31 heavy (non-hydrogen) atoms. The molecule has 8 nitrogen and oxygen atoms in total. The lowest BCUT2D eigenvalue weighted by molar-refractivity contribution is 0.0696. The monoisotopic (exact) mass is 439 g/mol. The highest BCUT2D eigenvalue weighted by molar-refractivity contribution is 7.09. The van der Waals surface area contributed by atoms with Crippen LogP contribution in [0.15, 0.2) is 54.7 Å². The van der Waals surface area contributed by atoms with Crippen molar-refractivity contribution in [3.63, 3.8) is 0 Å².